The minimum absolute atomic E-state index is 0.0208. The van der Waals surface area contributed by atoms with Gasteiger partial charge in [0.05, 0.1) is 12.5 Å². The van der Waals surface area contributed by atoms with E-state index in [-0.39, 0.29) is 6.17 Å². The maximum atomic E-state index is 6.62. The van der Waals surface area contributed by atoms with Crippen molar-refractivity contribution < 1.29 is 0 Å². The lowest BCUT2D eigenvalue weighted by Crippen LogP contribution is -2.36. The van der Waals surface area contributed by atoms with Gasteiger partial charge in [-0.1, -0.05) is 12.7 Å². The van der Waals surface area contributed by atoms with Crippen molar-refractivity contribution in [2.24, 2.45) is 0 Å². The summed E-state index contributed by atoms with van der Waals surface area (Å²) < 4.78 is 0. The van der Waals surface area contributed by atoms with Crippen LogP contribution in [0.5, 0.6) is 0 Å². The van der Waals surface area contributed by atoms with Crippen LogP contribution in [0.3, 0.4) is 0 Å². The Morgan fingerprint density at radius 2 is 2.38 bits per heavy atom. The molecule has 0 aromatic rings. The van der Waals surface area contributed by atoms with Crippen molar-refractivity contribution in [3.05, 3.63) is 12.7 Å². The van der Waals surface area contributed by atoms with Gasteiger partial charge in [-0.05, 0) is 7.05 Å². The molecule has 1 atom stereocenters. The van der Waals surface area contributed by atoms with E-state index in [0.29, 0.717) is 0 Å². The van der Waals surface area contributed by atoms with E-state index >= 15 is 0 Å². The summed E-state index contributed by atoms with van der Waals surface area (Å²) in [7, 11) is 1.79. The first-order valence-corrected chi connectivity index (χ1v) is 2.40. The van der Waals surface area contributed by atoms with Gasteiger partial charge < -0.3 is 5.32 Å². The Kier molecular flexibility index (Phi) is 3.88. The van der Waals surface area contributed by atoms with Crippen LogP contribution in [-0.4, -0.2) is 19.6 Å². The molecule has 3 heteroatoms. The zero-order chi connectivity index (χ0) is 6.41. The molecule has 3 N–H and O–H groups in total. The molecular weight excluding hydrogens is 102 g/mol. The molecule has 0 aromatic carbocycles. The van der Waals surface area contributed by atoms with E-state index in [9.17, 15) is 0 Å². The first-order chi connectivity index (χ1) is 3.85. The average molecular weight is 113 g/mol. The minimum atomic E-state index is 0.0208. The summed E-state index contributed by atoms with van der Waals surface area (Å²) in [5, 5.41) is 12.2. The summed E-state index contributed by atoms with van der Waals surface area (Å²) in [4.78, 5) is 0. The SMILES string of the molecule is C=CC(NC)NC=N. The molecule has 0 saturated heterocycles. The fourth-order valence-electron chi connectivity index (χ4n) is 0.359. The topological polar surface area (TPSA) is 47.9 Å². The van der Waals surface area contributed by atoms with E-state index in [0.717, 1.165) is 6.34 Å². The second-order valence-electron chi connectivity index (χ2n) is 1.31. The van der Waals surface area contributed by atoms with Crippen molar-refractivity contribution in [1.29, 1.82) is 5.41 Å². The monoisotopic (exact) mass is 113 g/mol. The summed E-state index contributed by atoms with van der Waals surface area (Å²) in [6, 6.07) is 0. The van der Waals surface area contributed by atoms with Crippen molar-refractivity contribution in [3.63, 3.8) is 0 Å². The lowest BCUT2D eigenvalue weighted by molar-refractivity contribution is 0.639. The zero-order valence-corrected chi connectivity index (χ0v) is 4.94. The van der Waals surface area contributed by atoms with Crippen LogP contribution in [0.15, 0.2) is 12.7 Å². The van der Waals surface area contributed by atoms with Gasteiger partial charge in [0.15, 0.2) is 0 Å². The molecule has 0 radical (unpaired) electrons. The summed E-state index contributed by atoms with van der Waals surface area (Å²) >= 11 is 0. The maximum absolute atomic E-state index is 6.62. The normalized spacial score (nSPS) is 12.1. The van der Waals surface area contributed by atoms with Gasteiger partial charge in [0.25, 0.3) is 0 Å². The van der Waals surface area contributed by atoms with Gasteiger partial charge in [0, 0.05) is 0 Å². The van der Waals surface area contributed by atoms with Crippen LogP contribution in [0.4, 0.5) is 0 Å². The summed E-state index contributed by atoms with van der Waals surface area (Å²) in [5.41, 5.74) is 0. The molecule has 0 rings (SSSR count). The van der Waals surface area contributed by atoms with Gasteiger partial charge in [0.1, 0.15) is 0 Å². The van der Waals surface area contributed by atoms with Crippen molar-refractivity contribution >= 4 is 6.34 Å². The van der Waals surface area contributed by atoms with Crippen LogP contribution in [0.1, 0.15) is 0 Å². The van der Waals surface area contributed by atoms with Gasteiger partial charge >= 0.3 is 0 Å². The van der Waals surface area contributed by atoms with E-state index in [2.05, 4.69) is 17.2 Å². The molecular formula is C5H11N3. The lowest BCUT2D eigenvalue weighted by Gasteiger charge is -2.08. The number of hydrogen-bond acceptors (Lipinski definition) is 2. The predicted molar refractivity (Wildman–Crippen MR) is 35.0 cm³/mol. The van der Waals surface area contributed by atoms with Crippen molar-refractivity contribution in [3.8, 4) is 0 Å². The number of hydrogen-bond donors (Lipinski definition) is 3. The number of nitrogens with one attached hydrogen (secondary N) is 3. The molecule has 1 unspecified atom stereocenters. The Morgan fingerprint density at radius 1 is 1.75 bits per heavy atom. The number of likely N-dealkylation sites (N-methyl/N-ethyl adjacent to an activating group) is 1. The third kappa shape index (κ3) is 2.36. The number of rotatable bonds is 4. The van der Waals surface area contributed by atoms with Crippen LogP contribution >= 0.6 is 0 Å². The van der Waals surface area contributed by atoms with E-state index < -0.39 is 0 Å². The maximum Gasteiger partial charge on any atom is 0.0962 e. The summed E-state index contributed by atoms with van der Waals surface area (Å²) in [6.45, 7) is 3.52. The molecule has 0 aliphatic rings. The second-order valence-corrected chi connectivity index (χ2v) is 1.31. The Bertz CT molecular complexity index is 79.7. The highest BCUT2D eigenvalue weighted by Gasteiger charge is 1.90. The van der Waals surface area contributed by atoms with Crippen LogP contribution in [0.2, 0.25) is 0 Å². The molecule has 0 aliphatic heterocycles. The fourth-order valence-corrected chi connectivity index (χ4v) is 0.359. The molecule has 0 heterocycles. The lowest BCUT2D eigenvalue weighted by atomic mass is 10.5. The molecule has 46 valence electrons. The Labute approximate surface area is 49.3 Å². The standard InChI is InChI=1S/C5H11N3/c1-3-5(7-2)8-4-6/h3-5,7H,1H2,2H3,(H2,6,8). The molecule has 0 bridgehead atoms. The van der Waals surface area contributed by atoms with Crippen LogP contribution < -0.4 is 10.6 Å². The largest absolute Gasteiger partial charge is 0.358 e. The van der Waals surface area contributed by atoms with Crippen LogP contribution in [0.25, 0.3) is 0 Å². The van der Waals surface area contributed by atoms with Crippen molar-refractivity contribution in [2.75, 3.05) is 7.05 Å². The summed E-state index contributed by atoms with van der Waals surface area (Å²) in [6.07, 6.45) is 2.83. The Balaban J connectivity index is 3.35. The molecule has 0 aliphatic carbocycles. The van der Waals surface area contributed by atoms with E-state index in [1.165, 1.54) is 0 Å². The molecule has 3 nitrogen and oxygen atoms in total. The molecule has 0 amide bonds. The average Bonchev–Trinajstić information content (AvgIpc) is 1.83. The summed E-state index contributed by atoms with van der Waals surface area (Å²) in [5.74, 6) is 0. The van der Waals surface area contributed by atoms with E-state index in [1.807, 2.05) is 0 Å². The second kappa shape index (κ2) is 4.33. The fraction of sp³-hybridized carbons (Fsp3) is 0.400. The van der Waals surface area contributed by atoms with E-state index in [4.69, 9.17) is 5.41 Å². The van der Waals surface area contributed by atoms with Gasteiger partial charge in [-0.3, -0.25) is 10.7 Å². The first kappa shape index (κ1) is 7.17. The van der Waals surface area contributed by atoms with Gasteiger partial charge in [-0.25, -0.2) is 0 Å². The third-order valence-electron chi connectivity index (χ3n) is 0.810. The molecule has 0 fully saturated rings. The molecule has 0 aromatic heterocycles. The zero-order valence-electron chi connectivity index (χ0n) is 4.94. The van der Waals surface area contributed by atoms with Gasteiger partial charge in [0.2, 0.25) is 0 Å². The molecule has 0 saturated carbocycles. The Hall–Kier alpha value is -0.830. The predicted octanol–water partition coefficient (Wildman–Crippen LogP) is -0.0854. The quantitative estimate of drug-likeness (QED) is 0.206. The molecule has 0 spiro atoms. The van der Waals surface area contributed by atoms with Gasteiger partial charge in [-0.2, -0.15) is 0 Å². The van der Waals surface area contributed by atoms with E-state index in [1.54, 1.807) is 13.1 Å². The highest BCUT2D eigenvalue weighted by molar-refractivity contribution is 5.50. The Morgan fingerprint density at radius 3 is 2.50 bits per heavy atom. The van der Waals surface area contributed by atoms with Crippen molar-refractivity contribution in [2.45, 2.75) is 6.17 Å². The molecule has 8 heavy (non-hydrogen) atoms. The van der Waals surface area contributed by atoms with Crippen molar-refractivity contribution in [1.82, 2.24) is 10.6 Å². The smallest absolute Gasteiger partial charge is 0.0962 e. The first-order valence-electron chi connectivity index (χ1n) is 2.40. The third-order valence-corrected chi connectivity index (χ3v) is 0.810. The van der Waals surface area contributed by atoms with Gasteiger partial charge in [-0.15, -0.1) is 0 Å². The highest BCUT2D eigenvalue weighted by atomic mass is 15.1. The van der Waals surface area contributed by atoms with Crippen LogP contribution in [-0.2, 0) is 0 Å². The minimum Gasteiger partial charge on any atom is -0.358 e. The highest BCUT2D eigenvalue weighted by Crippen LogP contribution is 1.70. The van der Waals surface area contributed by atoms with Crippen LogP contribution in [0, 0.1) is 5.41 Å².